The molecule has 1 aromatic carbocycles. The Morgan fingerprint density at radius 1 is 1.22 bits per heavy atom. The Bertz CT molecular complexity index is 980. The molecule has 0 aliphatic carbocycles. The van der Waals surface area contributed by atoms with E-state index in [1.165, 1.54) is 7.11 Å². The number of aryl methyl sites for hydroxylation is 1. The average molecular weight is 440 g/mol. The number of methoxy groups -OCH3 is 1. The molecule has 172 valence electrons. The van der Waals surface area contributed by atoms with Gasteiger partial charge in [0.2, 0.25) is 5.95 Å². The number of anilines is 3. The molecule has 2 aromatic rings. The first-order chi connectivity index (χ1) is 15.0. The third-order valence-corrected chi connectivity index (χ3v) is 6.19. The largest absolute Gasteiger partial charge is 0.495 e. The van der Waals surface area contributed by atoms with Gasteiger partial charge in [0.1, 0.15) is 5.82 Å². The number of carbonyl (C=O) groups excluding carboxylic acids is 1. The van der Waals surface area contributed by atoms with Gasteiger partial charge in [-0.1, -0.05) is 13.0 Å². The molecule has 0 saturated carbocycles. The highest BCUT2D eigenvalue weighted by Crippen LogP contribution is 2.37. The Hall–Kier alpha value is -2.65. The van der Waals surface area contributed by atoms with Crippen molar-refractivity contribution in [3.63, 3.8) is 0 Å². The maximum absolute atomic E-state index is 12.6. The summed E-state index contributed by atoms with van der Waals surface area (Å²) in [5, 5.41) is 6.57. The van der Waals surface area contributed by atoms with Crippen molar-refractivity contribution in [2.45, 2.75) is 72.1 Å². The summed E-state index contributed by atoms with van der Waals surface area (Å²) in [7, 11) is 0.678. The molecule has 1 aliphatic heterocycles. The molecule has 0 radical (unpaired) electrons. The number of carbonyl (C=O) groups is 1. The second kappa shape index (κ2) is 9.07. The second-order valence-electron chi connectivity index (χ2n) is 9.19. The number of nitrogens with one attached hydrogen (secondary N) is 2. The van der Waals surface area contributed by atoms with Crippen LogP contribution in [0.15, 0.2) is 24.4 Å². The number of benzene rings is 1. The van der Waals surface area contributed by atoms with Gasteiger partial charge in [-0.3, -0.25) is 0 Å². The summed E-state index contributed by atoms with van der Waals surface area (Å²) in [4.78, 5) is 21.5. The zero-order valence-corrected chi connectivity index (χ0v) is 20.2. The van der Waals surface area contributed by atoms with Gasteiger partial charge in [-0.25, -0.2) is 9.78 Å². The number of hydrogen-bond acceptors (Lipinski definition) is 8. The highest BCUT2D eigenvalue weighted by Gasteiger charge is 2.52. The lowest BCUT2D eigenvalue weighted by atomic mass is 9.75. The predicted molar refractivity (Wildman–Crippen MR) is 127 cm³/mol. The minimum atomic E-state index is -0.676. The average Bonchev–Trinajstić information content (AvgIpc) is 2.96. The fourth-order valence-electron chi connectivity index (χ4n) is 3.21. The summed E-state index contributed by atoms with van der Waals surface area (Å²) in [6, 6.07) is 5.65. The summed E-state index contributed by atoms with van der Waals surface area (Å²) < 4.78 is 17.3. The van der Waals surface area contributed by atoms with Crippen molar-refractivity contribution >= 4 is 36.0 Å². The summed E-state index contributed by atoms with van der Waals surface area (Å²) in [6.07, 6.45) is 2.75. The van der Waals surface area contributed by atoms with Crippen LogP contribution in [0.5, 0.6) is 0 Å². The molecule has 0 amide bonds. The lowest BCUT2D eigenvalue weighted by molar-refractivity contribution is 0.00578. The van der Waals surface area contributed by atoms with E-state index in [9.17, 15) is 4.79 Å². The first kappa shape index (κ1) is 24.0. The van der Waals surface area contributed by atoms with Gasteiger partial charge in [-0.15, -0.1) is 0 Å². The number of esters is 1. The predicted octanol–water partition coefficient (Wildman–Crippen LogP) is 3.82. The van der Waals surface area contributed by atoms with Crippen LogP contribution in [0, 0.1) is 6.92 Å². The van der Waals surface area contributed by atoms with Crippen molar-refractivity contribution in [3.05, 3.63) is 35.5 Å². The van der Waals surface area contributed by atoms with E-state index >= 15 is 0 Å². The number of aromatic nitrogens is 2. The zero-order valence-electron chi connectivity index (χ0n) is 20.2. The quantitative estimate of drug-likeness (QED) is 0.496. The zero-order chi connectivity index (χ0) is 23.7. The summed E-state index contributed by atoms with van der Waals surface area (Å²) in [6.45, 7) is 14.1. The maximum Gasteiger partial charge on any atom is 0.495 e. The molecule has 0 bridgehead atoms. The molecule has 1 aliphatic rings. The van der Waals surface area contributed by atoms with Gasteiger partial charge in [0.05, 0.1) is 23.9 Å². The standard InChI is InChI=1S/C23H33BN4O4/c1-9-15(3)26-19-14(2)13-25-21(28-19)27-16-10-11-18(17(12-16)20(29)30-8)24-31-22(4,5)23(6,7)32-24/h10-13,15H,9H2,1-8H3,(H2,25,26,27,28). The van der Waals surface area contributed by atoms with E-state index in [1.54, 1.807) is 12.3 Å². The highest BCUT2D eigenvalue weighted by atomic mass is 16.7. The third kappa shape index (κ3) is 4.89. The highest BCUT2D eigenvalue weighted by molar-refractivity contribution is 6.63. The molecular formula is C23H33BN4O4. The summed E-state index contributed by atoms with van der Waals surface area (Å²) in [5.41, 5.74) is 1.56. The maximum atomic E-state index is 12.6. The Kier molecular flexibility index (Phi) is 6.81. The summed E-state index contributed by atoms with van der Waals surface area (Å²) >= 11 is 0. The fourth-order valence-corrected chi connectivity index (χ4v) is 3.21. The van der Waals surface area contributed by atoms with Gasteiger partial charge in [0, 0.05) is 23.5 Å². The van der Waals surface area contributed by atoms with Crippen molar-refractivity contribution in [3.8, 4) is 0 Å². The van der Waals surface area contributed by atoms with Crippen molar-refractivity contribution in [1.29, 1.82) is 0 Å². The molecule has 1 fully saturated rings. The first-order valence-corrected chi connectivity index (χ1v) is 10.9. The molecule has 2 N–H and O–H groups in total. The van der Waals surface area contributed by atoms with Crippen molar-refractivity contribution < 1.29 is 18.8 Å². The van der Waals surface area contributed by atoms with Crippen LogP contribution in [0.2, 0.25) is 0 Å². The minimum absolute atomic E-state index is 0.293. The smallest absolute Gasteiger partial charge is 0.465 e. The number of hydrogen-bond donors (Lipinski definition) is 2. The lowest BCUT2D eigenvalue weighted by Crippen LogP contribution is -2.41. The molecular weight excluding hydrogens is 407 g/mol. The van der Waals surface area contributed by atoms with E-state index in [2.05, 4.69) is 34.4 Å². The summed E-state index contributed by atoms with van der Waals surface area (Å²) in [5.74, 6) is 0.738. The van der Waals surface area contributed by atoms with E-state index in [-0.39, 0.29) is 0 Å². The minimum Gasteiger partial charge on any atom is -0.465 e. The SMILES string of the molecule is CCC(C)Nc1nc(Nc2ccc(B3OC(C)(C)C(C)(C)O3)c(C(=O)OC)c2)ncc1C. The van der Waals surface area contributed by atoms with E-state index < -0.39 is 24.3 Å². The van der Waals surface area contributed by atoms with E-state index in [0.29, 0.717) is 28.7 Å². The molecule has 1 atom stereocenters. The van der Waals surface area contributed by atoms with Gasteiger partial charge in [-0.2, -0.15) is 4.98 Å². The first-order valence-electron chi connectivity index (χ1n) is 10.9. The number of rotatable bonds is 7. The lowest BCUT2D eigenvalue weighted by Gasteiger charge is -2.32. The van der Waals surface area contributed by atoms with Gasteiger partial charge < -0.3 is 24.7 Å². The topological polar surface area (TPSA) is 94.6 Å². The monoisotopic (exact) mass is 440 g/mol. The molecule has 32 heavy (non-hydrogen) atoms. The fraction of sp³-hybridized carbons (Fsp3) is 0.522. The van der Waals surface area contributed by atoms with Gasteiger partial charge in [-0.05, 0) is 65.6 Å². The Balaban J connectivity index is 1.90. The van der Waals surface area contributed by atoms with Gasteiger partial charge in [0.25, 0.3) is 0 Å². The van der Waals surface area contributed by atoms with Crippen LogP contribution >= 0.6 is 0 Å². The van der Waals surface area contributed by atoms with Gasteiger partial charge >= 0.3 is 13.1 Å². The van der Waals surface area contributed by atoms with Crippen LogP contribution in [0.3, 0.4) is 0 Å². The molecule has 1 aromatic heterocycles. The number of nitrogens with zero attached hydrogens (tertiary/aromatic N) is 2. The van der Waals surface area contributed by atoms with Crippen LogP contribution in [0.25, 0.3) is 0 Å². The second-order valence-corrected chi connectivity index (χ2v) is 9.19. The Morgan fingerprint density at radius 2 is 1.88 bits per heavy atom. The van der Waals surface area contributed by atoms with Crippen LogP contribution in [0.4, 0.5) is 17.5 Å². The van der Waals surface area contributed by atoms with E-state index in [4.69, 9.17) is 14.0 Å². The van der Waals surface area contributed by atoms with Crippen LogP contribution < -0.4 is 16.1 Å². The molecule has 9 heteroatoms. The normalized spacial score (nSPS) is 17.7. The van der Waals surface area contributed by atoms with Crippen LogP contribution in [-0.2, 0) is 14.0 Å². The van der Waals surface area contributed by atoms with Crippen molar-refractivity contribution in [2.75, 3.05) is 17.7 Å². The third-order valence-electron chi connectivity index (χ3n) is 6.19. The molecule has 0 spiro atoms. The molecule has 2 heterocycles. The molecule has 1 saturated heterocycles. The van der Waals surface area contributed by atoms with Gasteiger partial charge in [0.15, 0.2) is 0 Å². The molecule has 8 nitrogen and oxygen atoms in total. The molecule has 3 rings (SSSR count). The van der Waals surface area contributed by atoms with Crippen molar-refractivity contribution in [1.82, 2.24) is 9.97 Å². The molecule has 1 unspecified atom stereocenters. The number of ether oxygens (including phenoxy) is 1. The van der Waals surface area contributed by atoms with E-state index in [0.717, 1.165) is 17.8 Å². The van der Waals surface area contributed by atoms with Crippen LogP contribution in [-0.4, -0.2) is 47.4 Å². The Labute approximate surface area is 190 Å². The Morgan fingerprint density at radius 3 is 2.47 bits per heavy atom. The van der Waals surface area contributed by atoms with E-state index in [1.807, 2.05) is 46.8 Å². The van der Waals surface area contributed by atoms with Crippen LogP contribution in [0.1, 0.15) is 63.9 Å². The van der Waals surface area contributed by atoms with Crippen molar-refractivity contribution in [2.24, 2.45) is 0 Å².